The maximum Gasteiger partial charge on any atom is 0.150 e. The van der Waals surface area contributed by atoms with E-state index in [9.17, 15) is 0 Å². The Balaban J connectivity index is 0.0000000829. The van der Waals surface area contributed by atoms with Crippen LogP contribution in [0.15, 0.2) is 406 Å². The van der Waals surface area contributed by atoms with Crippen molar-refractivity contribution in [3.8, 4) is 0 Å². The van der Waals surface area contributed by atoms with Crippen LogP contribution in [0.3, 0.4) is 0 Å². The Morgan fingerprint density at radius 3 is 0.879 bits per heavy atom. The number of fused-ring (bicyclic) bond motifs is 62. The molecule has 140 heavy (non-hydrogen) atoms. The van der Waals surface area contributed by atoms with Crippen molar-refractivity contribution in [2.24, 2.45) is 0 Å². The third-order valence-electron chi connectivity index (χ3n) is 29.4. The van der Waals surface area contributed by atoms with Gasteiger partial charge in [-0.2, -0.15) is 0 Å². The zero-order valence-electron chi connectivity index (χ0n) is 73.8. The summed E-state index contributed by atoms with van der Waals surface area (Å²) in [6, 6.07) is 138. The van der Waals surface area contributed by atoms with Gasteiger partial charge in [0.2, 0.25) is 0 Å². The van der Waals surface area contributed by atoms with Crippen LogP contribution >= 0.6 is 45.3 Å². The van der Waals surface area contributed by atoms with Crippen LogP contribution in [-0.4, -0.2) is 37.5 Å². The molecule has 0 aliphatic carbocycles. The highest BCUT2D eigenvalue weighted by molar-refractivity contribution is 7.28. The molecular formula is C124H64N8O4S4. The van der Waals surface area contributed by atoms with Gasteiger partial charge in [0.15, 0.2) is 0 Å². The van der Waals surface area contributed by atoms with Gasteiger partial charge in [-0.25, -0.2) is 19.9 Å². The molecular weight excluding hydrogens is 1790 g/mol. The Labute approximate surface area is 804 Å². The number of para-hydroxylation sites is 12. The highest BCUT2D eigenvalue weighted by Crippen LogP contribution is 2.53. The summed E-state index contributed by atoms with van der Waals surface area (Å²) in [6.45, 7) is 0. The van der Waals surface area contributed by atoms with Crippen LogP contribution in [0.4, 0.5) is 0 Å². The fourth-order valence-electron chi connectivity index (χ4n) is 23.5. The van der Waals surface area contributed by atoms with Crippen LogP contribution in [-0.2, 0) is 0 Å². The van der Waals surface area contributed by atoms with E-state index in [1.165, 1.54) is 146 Å². The van der Waals surface area contributed by atoms with Gasteiger partial charge >= 0.3 is 0 Å². The number of pyridine rings is 4. The summed E-state index contributed by atoms with van der Waals surface area (Å²) in [5, 5.41) is 33.8. The summed E-state index contributed by atoms with van der Waals surface area (Å²) in [5.74, 6) is 0. The van der Waals surface area contributed by atoms with E-state index >= 15 is 0 Å². The van der Waals surface area contributed by atoms with Gasteiger partial charge in [0.05, 0.1) is 77.0 Å². The van der Waals surface area contributed by atoms with Gasteiger partial charge in [-0.3, -0.25) is 17.6 Å². The first-order valence-electron chi connectivity index (χ1n) is 46.9. The first-order valence-corrected chi connectivity index (χ1v) is 50.2. The van der Waals surface area contributed by atoms with Crippen molar-refractivity contribution in [1.29, 1.82) is 0 Å². The second kappa shape index (κ2) is 28.0. The summed E-state index contributed by atoms with van der Waals surface area (Å²) in [6.07, 6.45) is 0. The minimum Gasteiger partial charge on any atom is -0.456 e. The molecule has 0 unspecified atom stereocenters. The smallest absolute Gasteiger partial charge is 0.150 e. The number of hydrogen-bond donors (Lipinski definition) is 0. The number of furan rings is 4. The molecule has 0 aliphatic rings. The monoisotopic (exact) mass is 1860 g/mol. The Morgan fingerprint density at radius 1 is 0.157 bits per heavy atom. The van der Waals surface area contributed by atoms with E-state index in [-0.39, 0.29) is 0 Å². The van der Waals surface area contributed by atoms with E-state index in [1.54, 1.807) is 0 Å². The zero-order chi connectivity index (χ0) is 90.7. The Kier molecular flexibility index (Phi) is 15.2. The largest absolute Gasteiger partial charge is 0.456 e. The van der Waals surface area contributed by atoms with Gasteiger partial charge < -0.3 is 17.7 Å². The molecule has 0 saturated heterocycles. The quantitative estimate of drug-likeness (QED) is 0.138. The van der Waals surface area contributed by atoms with Gasteiger partial charge in [0, 0.05) is 156 Å². The Hall–Kier alpha value is -17.6. The van der Waals surface area contributed by atoms with Crippen LogP contribution in [0.5, 0.6) is 0 Å². The van der Waals surface area contributed by atoms with Crippen molar-refractivity contribution >= 4 is 367 Å². The number of imidazole rings is 4. The van der Waals surface area contributed by atoms with Crippen LogP contribution in [0.25, 0.3) is 322 Å². The van der Waals surface area contributed by atoms with E-state index in [4.69, 9.17) is 37.6 Å². The fraction of sp³-hybridized carbons (Fsp3) is 0. The minimum absolute atomic E-state index is 0.898. The lowest BCUT2D eigenvalue weighted by Crippen LogP contribution is -1.92. The fourth-order valence-corrected chi connectivity index (χ4v) is 28.3. The summed E-state index contributed by atoms with van der Waals surface area (Å²) in [7, 11) is 0. The lowest BCUT2D eigenvalue weighted by atomic mass is 9.99. The van der Waals surface area contributed by atoms with Gasteiger partial charge in [-0.05, 0) is 191 Å². The molecule has 0 N–H and O–H groups in total. The topological polar surface area (TPSA) is 122 Å². The van der Waals surface area contributed by atoms with Crippen molar-refractivity contribution in [2.45, 2.75) is 0 Å². The molecule has 0 atom stereocenters. The van der Waals surface area contributed by atoms with Crippen LogP contribution in [0.2, 0.25) is 0 Å². The van der Waals surface area contributed by atoms with E-state index in [0.29, 0.717) is 0 Å². The number of nitrogens with zero attached hydrogens (tertiary/aromatic N) is 8. The Bertz CT molecular complexity index is 12000. The van der Waals surface area contributed by atoms with Gasteiger partial charge in [-0.15, -0.1) is 45.3 Å². The molecule has 0 aliphatic heterocycles. The molecule has 16 heteroatoms. The molecule has 0 saturated carbocycles. The van der Waals surface area contributed by atoms with Crippen molar-refractivity contribution in [3.63, 3.8) is 0 Å². The second-order valence-corrected chi connectivity index (χ2v) is 41.0. The average molecular weight is 1860 g/mol. The van der Waals surface area contributed by atoms with Gasteiger partial charge in [0.1, 0.15) is 67.3 Å². The van der Waals surface area contributed by atoms with Crippen molar-refractivity contribution < 1.29 is 17.7 Å². The minimum atomic E-state index is 0.898. The van der Waals surface area contributed by atoms with E-state index in [1.807, 2.05) is 93.9 Å². The molecule has 0 fully saturated rings. The van der Waals surface area contributed by atoms with Gasteiger partial charge in [0.25, 0.3) is 0 Å². The predicted octanol–water partition coefficient (Wildman–Crippen LogP) is 36.2. The second-order valence-electron chi connectivity index (χ2n) is 36.7. The first kappa shape index (κ1) is 75.6. The number of thiophene rings is 4. The van der Waals surface area contributed by atoms with E-state index in [2.05, 4.69) is 357 Å². The molecule has 20 aromatic carbocycles. The maximum atomic E-state index is 6.55. The summed E-state index contributed by atoms with van der Waals surface area (Å²) in [5.41, 5.74) is 24.3. The molecule has 36 aromatic rings. The average Bonchev–Trinajstić information content (AvgIpc) is 1.53. The molecule has 16 heterocycles. The standard InChI is InChI=1S/4C31H16N2OS/c1-5-11-25-17(7-1)19-15-20-21(16-26(19)34-25)31-32-22-9-3-4-10-23(22)33(31)24-13-14-28-30(29(20)24)18-8-2-6-12-27(18)35-28;1-5-11-26-17(7-1)20-15-21-22(16-27(20)34-26)31-32-23-9-3-4-10-24(23)33(31)25-14-13-19-18-8-2-6-12-28(18)35-30(19)29(21)25;1-5-11-24-17(7-1)18-13-14-20-27-23(15-16-26-28(27)19-8-2-6-12-25(19)35-26)33-22-10-4-3-9-21(22)32-31(33)29(20)30(18)34-24;1-5-11-25-17(7-1)19-13-14-21-27-24(16-15-20-18-8-2-6-12-26(18)35-30(20)27)33-23-10-4-3-9-22(23)32-31(33)28(21)29(19)34-25/h4*1-16H. The van der Waals surface area contributed by atoms with Gasteiger partial charge in [-0.1, -0.05) is 218 Å². The third kappa shape index (κ3) is 10.3. The van der Waals surface area contributed by atoms with E-state index in [0.717, 1.165) is 176 Å². The van der Waals surface area contributed by atoms with Crippen molar-refractivity contribution in [1.82, 2.24) is 37.5 Å². The molecule has 16 aromatic heterocycles. The number of benzene rings is 20. The van der Waals surface area contributed by atoms with Crippen LogP contribution in [0, 0.1) is 0 Å². The number of aromatic nitrogens is 8. The maximum absolute atomic E-state index is 6.55. The number of rotatable bonds is 0. The van der Waals surface area contributed by atoms with Crippen molar-refractivity contribution in [2.75, 3.05) is 0 Å². The molecule has 0 radical (unpaired) electrons. The highest BCUT2D eigenvalue weighted by atomic mass is 32.1. The number of hydrogen-bond acceptors (Lipinski definition) is 12. The lowest BCUT2D eigenvalue weighted by Gasteiger charge is -2.11. The molecule has 12 nitrogen and oxygen atoms in total. The van der Waals surface area contributed by atoms with Crippen LogP contribution < -0.4 is 0 Å². The molecule has 0 bridgehead atoms. The van der Waals surface area contributed by atoms with E-state index < -0.39 is 0 Å². The summed E-state index contributed by atoms with van der Waals surface area (Å²) >= 11 is 7.46. The molecule has 0 amide bonds. The molecule has 648 valence electrons. The van der Waals surface area contributed by atoms with Crippen molar-refractivity contribution in [3.05, 3.63) is 388 Å². The predicted molar refractivity (Wildman–Crippen MR) is 592 cm³/mol. The lowest BCUT2D eigenvalue weighted by molar-refractivity contribution is 0.669. The Morgan fingerprint density at radius 2 is 0.450 bits per heavy atom. The molecule has 0 spiro atoms. The highest BCUT2D eigenvalue weighted by Gasteiger charge is 2.29. The first-order chi connectivity index (χ1) is 69.4. The van der Waals surface area contributed by atoms with Crippen LogP contribution in [0.1, 0.15) is 0 Å². The zero-order valence-corrected chi connectivity index (χ0v) is 77.1. The molecule has 36 rings (SSSR count). The summed E-state index contributed by atoms with van der Waals surface area (Å²) < 4.78 is 45.5. The normalized spacial score (nSPS) is 12.6. The summed E-state index contributed by atoms with van der Waals surface area (Å²) in [4.78, 5) is 20.5. The third-order valence-corrected chi connectivity index (χ3v) is 34.1. The SMILES string of the molecule is c1ccc2c(c1)nc1c3c(ccc4c5ccccc5oc43)c3c4c(ccc3n21)sc1ccccc14.c1ccc2c(c1)nc1c3c(ccc4c5ccccc5oc43)c3c4sc5ccccc5c4ccc3n21.c1ccc2c(c1)nc1c3cc4oc5ccccc5c4cc3c3c4c(ccc3n21)sc1ccccc14.c1ccc2c(c1)nc1c3cc4oc5ccccc5c4cc3c3c4sc5ccccc5c4ccc3n21.